The number of ketones is 2. The molecule has 2 N–H and O–H groups in total. The largest absolute Gasteiger partial charge is 0.359 e. The summed E-state index contributed by atoms with van der Waals surface area (Å²) in [6, 6.07) is 0. The molecule has 0 aliphatic heterocycles. The smallest absolute Gasteiger partial charge is 0.235 e. The van der Waals surface area contributed by atoms with Gasteiger partial charge in [0.15, 0.2) is 5.78 Å². The van der Waals surface area contributed by atoms with Gasteiger partial charge in [0.2, 0.25) is 5.79 Å². The zero-order chi connectivity index (χ0) is 32.6. The van der Waals surface area contributed by atoms with E-state index in [0.29, 0.717) is 12.8 Å². The average molecular weight is 643 g/mol. The van der Waals surface area contributed by atoms with E-state index in [1.54, 1.807) is 0 Å². The van der Waals surface area contributed by atoms with Crippen LogP contribution in [-0.4, -0.2) is 33.4 Å². The normalized spacial score (nSPS) is 12.6. The lowest BCUT2D eigenvalue weighted by atomic mass is 9.87. The topological polar surface area (TPSA) is 74.6 Å². The van der Waals surface area contributed by atoms with Crippen molar-refractivity contribution in [3.8, 4) is 0 Å². The molecule has 0 aromatic carbocycles. The number of halogens is 1. The van der Waals surface area contributed by atoms with Crippen LogP contribution in [0.5, 0.6) is 0 Å². The molecule has 0 aromatic heterocycles. The van der Waals surface area contributed by atoms with E-state index in [1.165, 1.54) is 148 Å². The molecule has 0 bridgehead atoms. The first kappa shape index (κ1) is 43.5. The van der Waals surface area contributed by atoms with Gasteiger partial charge >= 0.3 is 0 Å². The van der Waals surface area contributed by atoms with Crippen LogP contribution in [0.2, 0.25) is 0 Å². The van der Waals surface area contributed by atoms with Crippen molar-refractivity contribution in [3.05, 3.63) is 0 Å². The van der Waals surface area contributed by atoms with E-state index in [9.17, 15) is 19.8 Å². The van der Waals surface area contributed by atoms with Gasteiger partial charge < -0.3 is 10.2 Å². The molecular formula is C39H75ClO4. The van der Waals surface area contributed by atoms with Crippen molar-refractivity contribution in [2.45, 2.75) is 225 Å². The van der Waals surface area contributed by atoms with Crippen LogP contribution in [0.3, 0.4) is 0 Å². The number of carbonyl (C=O) groups excluding carboxylic acids is 2. The lowest BCUT2D eigenvalue weighted by Gasteiger charge is -2.27. The number of Topliss-reactive ketones (excluding diaryl/α,β-unsaturated/α-hetero) is 2. The molecule has 5 heteroatoms. The van der Waals surface area contributed by atoms with E-state index >= 15 is 0 Å². The highest BCUT2D eigenvalue weighted by molar-refractivity contribution is 6.20. The van der Waals surface area contributed by atoms with E-state index in [2.05, 4.69) is 13.8 Å². The molecule has 0 aromatic rings. The maximum atomic E-state index is 12.7. The maximum Gasteiger partial charge on any atom is 0.235 e. The SMILES string of the molecule is CCCCCCCCCCCCCCCCCC(=O)C(CCl)C(O)(O)C(=O)CCCCCCCCCCCCCCCCC. The molecule has 1 unspecified atom stereocenters. The van der Waals surface area contributed by atoms with Crippen LogP contribution in [0.1, 0.15) is 219 Å². The summed E-state index contributed by atoms with van der Waals surface area (Å²) in [6.07, 6.45) is 37.7. The molecule has 0 spiro atoms. The second-order valence-electron chi connectivity index (χ2n) is 13.7. The molecule has 0 saturated carbocycles. The second-order valence-corrected chi connectivity index (χ2v) is 14.0. The van der Waals surface area contributed by atoms with Gasteiger partial charge in [-0.2, -0.15) is 0 Å². The first-order chi connectivity index (χ1) is 21.4. The Hall–Kier alpha value is -0.450. The van der Waals surface area contributed by atoms with Gasteiger partial charge in [0.1, 0.15) is 5.78 Å². The van der Waals surface area contributed by atoms with Crippen molar-refractivity contribution in [2.75, 3.05) is 5.88 Å². The Bertz CT molecular complexity index is 636. The van der Waals surface area contributed by atoms with Crippen LogP contribution in [0.15, 0.2) is 0 Å². The Kier molecular flexibility index (Phi) is 32.2. The number of aliphatic hydroxyl groups is 2. The summed E-state index contributed by atoms with van der Waals surface area (Å²) in [6.45, 7) is 4.53. The fourth-order valence-corrected chi connectivity index (χ4v) is 6.69. The van der Waals surface area contributed by atoms with E-state index in [4.69, 9.17) is 11.6 Å². The molecule has 0 fully saturated rings. The van der Waals surface area contributed by atoms with Crippen LogP contribution in [0.25, 0.3) is 0 Å². The first-order valence-electron chi connectivity index (χ1n) is 19.5. The number of rotatable bonds is 36. The molecule has 0 radical (unpaired) electrons. The summed E-state index contributed by atoms with van der Waals surface area (Å²) < 4.78 is 0. The van der Waals surface area contributed by atoms with E-state index < -0.39 is 17.5 Å². The molecule has 44 heavy (non-hydrogen) atoms. The maximum absolute atomic E-state index is 12.7. The summed E-state index contributed by atoms with van der Waals surface area (Å²) in [5.74, 6) is -5.09. The molecule has 4 nitrogen and oxygen atoms in total. The number of hydrogen-bond donors (Lipinski definition) is 2. The Morgan fingerprint density at radius 2 is 0.705 bits per heavy atom. The highest BCUT2D eigenvalue weighted by Crippen LogP contribution is 2.24. The third-order valence-corrected chi connectivity index (χ3v) is 9.78. The van der Waals surface area contributed by atoms with Gasteiger partial charge in [0.25, 0.3) is 0 Å². The van der Waals surface area contributed by atoms with Crippen LogP contribution in [0.4, 0.5) is 0 Å². The summed E-state index contributed by atoms with van der Waals surface area (Å²) in [5, 5.41) is 21.1. The third-order valence-electron chi connectivity index (χ3n) is 9.47. The fourth-order valence-electron chi connectivity index (χ4n) is 6.30. The summed E-state index contributed by atoms with van der Waals surface area (Å²) in [4.78, 5) is 25.3. The van der Waals surface area contributed by atoms with Crippen molar-refractivity contribution in [3.63, 3.8) is 0 Å². The first-order valence-corrected chi connectivity index (χ1v) is 20.0. The lowest BCUT2D eigenvalue weighted by Crippen LogP contribution is -2.50. The van der Waals surface area contributed by atoms with Gasteiger partial charge in [-0.1, -0.05) is 194 Å². The average Bonchev–Trinajstić information content (AvgIpc) is 3.01. The van der Waals surface area contributed by atoms with Crippen molar-refractivity contribution >= 4 is 23.2 Å². The minimum Gasteiger partial charge on any atom is -0.359 e. The summed E-state index contributed by atoms with van der Waals surface area (Å²) in [7, 11) is 0. The van der Waals surface area contributed by atoms with E-state index in [0.717, 1.165) is 32.1 Å². The van der Waals surface area contributed by atoms with Crippen LogP contribution < -0.4 is 0 Å². The third kappa shape index (κ3) is 25.7. The zero-order valence-electron chi connectivity index (χ0n) is 29.5. The van der Waals surface area contributed by atoms with Crippen LogP contribution >= 0.6 is 11.6 Å². The molecule has 0 aliphatic rings. The highest BCUT2D eigenvalue weighted by Gasteiger charge is 2.44. The number of carbonyl (C=O) groups is 2. The Morgan fingerprint density at radius 1 is 0.455 bits per heavy atom. The molecule has 0 saturated heterocycles. The number of alkyl halides is 1. The predicted octanol–water partition coefficient (Wildman–Crippen LogP) is 12.2. The Balaban J connectivity index is 3.79. The summed E-state index contributed by atoms with van der Waals surface area (Å²) >= 11 is 5.97. The van der Waals surface area contributed by atoms with Crippen molar-refractivity contribution < 1.29 is 19.8 Å². The molecule has 0 heterocycles. The highest BCUT2D eigenvalue weighted by atomic mass is 35.5. The Morgan fingerprint density at radius 3 is 0.977 bits per heavy atom. The molecule has 0 amide bonds. The van der Waals surface area contributed by atoms with Crippen molar-refractivity contribution in [1.82, 2.24) is 0 Å². The predicted molar refractivity (Wildman–Crippen MR) is 190 cm³/mol. The van der Waals surface area contributed by atoms with Crippen LogP contribution in [0, 0.1) is 5.92 Å². The zero-order valence-corrected chi connectivity index (χ0v) is 30.3. The monoisotopic (exact) mass is 643 g/mol. The van der Waals surface area contributed by atoms with Crippen LogP contribution in [-0.2, 0) is 9.59 Å². The van der Waals surface area contributed by atoms with Gasteiger partial charge in [-0.15, -0.1) is 11.6 Å². The summed E-state index contributed by atoms with van der Waals surface area (Å²) in [5.41, 5.74) is 0. The quantitative estimate of drug-likeness (QED) is 0.0405. The van der Waals surface area contributed by atoms with Gasteiger partial charge in [0, 0.05) is 18.7 Å². The van der Waals surface area contributed by atoms with Gasteiger partial charge in [-0.3, -0.25) is 9.59 Å². The van der Waals surface area contributed by atoms with Gasteiger partial charge in [-0.05, 0) is 12.8 Å². The lowest BCUT2D eigenvalue weighted by molar-refractivity contribution is -0.201. The number of unbranched alkanes of at least 4 members (excludes halogenated alkanes) is 28. The standard InChI is InChI=1S/C39H75ClO4/c1-3-5-7-9-11-13-15-17-19-21-23-25-27-29-31-33-37(41)36(35-40)39(43,44)38(42)34-32-30-28-26-24-22-20-18-16-14-12-10-8-6-4-2/h36,43-44H,3-35H2,1-2H3. The van der Waals surface area contributed by atoms with E-state index in [-0.39, 0.29) is 24.5 Å². The molecular weight excluding hydrogens is 568 g/mol. The minimum absolute atomic E-state index is 0.0882. The molecule has 1 atom stereocenters. The van der Waals surface area contributed by atoms with Crippen molar-refractivity contribution in [1.29, 1.82) is 0 Å². The van der Waals surface area contributed by atoms with Gasteiger partial charge in [0.05, 0.1) is 5.92 Å². The molecule has 0 aliphatic carbocycles. The Labute approximate surface area is 279 Å². The minimum atomic E-state index is -2.65. The molecule has 0 rings (SSSR count). The second kappa shape index (κ2) is 32.5. The van der Waals surface area contributed by atoms with Crippen molar-refractivity contribution in [2.24, 2.45) is 5.92 Å². The molecule has 262 valence electrons. The van der Waals surface area contributed by atoms with Gasteiger partial charge in [-0.25, -0.2) is 0 Å². The fraction of sp³-hybridized carbons (Fsp3) is 0.949. The number of hydrogen-bond acceptors (Lipinski definition) is 4. The van der Waals surface area contributed by atoms with E-state index in [1.807, 2.05) is 0 Å².